The number of amides is 1. The second-order valence-corrected chi connectivity index (χ2v) is 4.77. The van der Waals surface area contributed by atoms with Crippen molar-refractivity contribution in [1.29, 1.82) is 0 Å². The first-order valence-electron chi connectivity index (χ1n) is 5.59. The third-order valence-electron chi connectivity index (χ3n) is 2.33. The van der Waals surface area contributed by atoms with Gasteiger partial charge in [-0.3, -0.25) is 9.89 Å². The van der Waals surface area contributed by atoms with Crippen molar-refractivity contribution in [3.05, 3.63) is 28.9 Å². The molecule has 0 bridgehead atoms. The number of thiophene rings is 1. The summed E-state index contributed by atoms with van der Waals surface area (Å²) in [6, 6.07) is 1.77. The van der Waals surface area contributed by atoms with Gasteiger partial charge in [0.05, 0.1) is 16.9 Å². The lowest BCUT2D eigenvalue weighted by Crippen LogP contribution is -2.22. The van der Waals surface area contributed by atoms with Gasteiger partial charge in [-0.05, 0) is 13.0 Å². The van der Waals surface area contributed by atoms with Crippen molar-refractivity contribution in [3.8, 4) is 0 Å². The van der Waals surface area contributed by atoms with E-state index in [1.807, 2.05) is 13.1 Å². The fraction of sp³-hybridized carbons (Fsp3) is 0.273. The summed E-state index contributed by atoms with van der Waals surface area (Å²) >= 11 is 1.35. The van der Waals surface area contributed by atoms with Gasteiger partial charge in [0, 0.05) is 24.8 Å². The van der Waals surface area contributed by atoms with E-state index in [1.165, 1.54) is 11.3 Å². The summed E-state index contributed by atoms with van der Waals surface area (Å²) in [4.78, 5) is 12.2. The lowest BCUT2D eigenvalue weighted by atomic mass is 10.3. The average Bonchev–Trinajstić information content (AvgIpc) is 2.96. The minimum Gasteiger partial charge on any atom is -0.397 e. The van der Waals surface area contributed by atoms with Gasteiger partial charge in [-0.25, -0.2) is 0 Å². The van der Waals surface area contributed by atoms with E-state index in [2.05, 4.69) is 20.8 Å². The van der Waals surface area contributed by atoms with Crippen molar-refractivity contribution < 1.29 is 4.79 Å². The van der Waals surface area contributed by atoms with Gasteiger partial charge in [0.1, 0.15) is 4.88 Å². The van der Waals surface area contributed by atoms with Crippen LogP contribution in [0.5, 0.6) is 0 Å². The summed E-state index contributed by atoms with van der Waals surface area (Å²) in [6.45, 7) is 3.11. The van der Waals surface area contributed by atoms with E-state index >= 15 is 0 Å². The zero-order valence-electron chi connectivity index (χ0n) is 9.99. The molecule has 0 aromatic carbocycles. The SMILES string of the molecule is CCNC(=O)c1sc(NCc2cn[nH]c2)cc1N. The van der Waals surface area contributed by atoms with Gasteiger partial charge in [-0.1, -0.05) is 0 Å². The number of nitrogens with zero attached hydrogens (tertiary/aromatic N) is 1. The lowest BCUT2D eigenvalue weighted by Gasteiger charge is -2.00. The highest BCUT2D eigenvalue weighted by Crippen LogP contribution is 2.29. The number of H-pyrrole nitrogens is 1. The monoisotopic (exact) mass is 265 g/mol. The molecule has 2 aromatic heterocycles. The molecule has 96 valence electrons. The van der Waals surface area contributed by atoms with Crippen LogP contribution in [0.25, 0.3) is 0 Å². The van der Waals surface area contributed by atoms with Crippen LogP contribution < -0.4 is 16.4 Å². The molecule has 0 aliphatic heterocycles. The largest absolute Gasteiger partial charge is 0.397 e. The van der Waals surface area contributed by atoms with Crippen LogP contribution in [0.1, 0.15) is 22.2 Å². The summed E-state index contributed by atoms with van der Waals surface area (Å²) in [5.74, 6) is -0.128. The van der Waals surface area contributed by atoms with Crippen molar-refractivity contribution in [2.24, 2.45) is 0 Å². The Labute approximate surface area is 109 Å². The van der Waals surface area contributed by atoms with E-state index in [0.29, 0.717) is 23.7 Å². The van der Waals surface area contributed by atoms with Crippen LogP contribution in [0, 0.1) is 0 Å². The maximum absolute atomic E-state index is 11.7. The number of nitrogens with one attached hydrogen (secondary N) is 3. The molecule has 0 saturated heterocycles. The number of carbonyl (C=O) groups excluding carboxylic acids is 1. The number of nitrogen functional groups attached to an aromatic ring is 1. The Kier molecular flexibility index (Phi) is 3.83. The Morgan fingerprint density at radius 2 is 2.44 bits per heavy atom. The van der Waals surface area contributed by atoms with Crippen LogP contribution in [0.3, 0.4) is 0 Å². The van der Waals surface area contributed by atoms with Gasteiger partial charge in [0.25, 0.3) is 5.91 Å². The molecular formula is C11H15N5OS. The number of rotatable bonds is 5. The Morgan fingerprint density at radius 1 is 1.61 bits per heavy atom. The normalized spacial score (nSPS) is 10.3. The van der Waals surface area contributed by atoms with Gasteiger partial charge in [-0.15, -0.1) is 11.3 Å². The molecule has 0 aliphatic carbocycles. The number of aromatic nitrogens is 2. The van der Waals surface area contributed by atoms with E-state index in [-0.39, 0.29) is 5.91 Å². The molecule has 2 rings (SSSR count). The fourth-order valence-electron chi connectivity index (χ4n) is 1.47. The highest BCUT2D eigenvalue weighted by atomic mass is 32.1. The van der Waals surface area contributed by atoms with E-state index in [9.17, 15) is 4.79 Å². The molecule has 0 spiro atoms. The summed E-state index contributed by atoms with van der Waals surface area (Å²) in [5, 5.41) is 13.4. The molecule has 5 N–H and O–H groups in total. The molecule has 0 saturated carbocycles. The van der Waals surface area contributed by atoms with Crippen LogP contribution in [-0.2, 0) is 6.54 Å². The van der Waals surface area contributed by atoms with Crippen molar-refractivity contribution in [2.45, 2.75) is 13.5 Å². The zero-order valence-corrected chi connectivity index (χ0v) is 10.8. The number of hydrogen-bond donors (Lipinski definition) is 4. The second kappa shape index (κ2) is 5.54. The first-order valence-corrected chi connectivity index (χ1v) is 6.41. The Balaban J connectivity index is 2.02. The average molecular weight is 265 g/mol. The Morgan fingerprint density at radius 3 is 3.11 bits per heavy atom. The summed E-state index contributed by atoms with van der Waals surface area (Å²) in [6.07, 6.45) is 3.56. The fourth-order valence-corrected chi connectivity index (χ4v) is 2.37. The highest BCUT2D eigenvalue weighted by molar-refractivity contribution is 7.18. The number of aromatic amines is 1. The minimum absolute atomic E-state index is 0.128. The third kappa shape index (κ3) is 2.80. The van der Waals surface area contributed by atoms with Gasteiger partial charge in [0.2, 0.25) is 0 Å². The maximum atomic E-state index is 11.7. The maximum Gasteiger partial charge on any atom is 0.263 e. The lowest BCUT2D eigenvalue weighted by molar-refractivity contribution is 0.0960. The third-order valence-corrected chi connectivity index (χ3v) is 3.43. The van der Waals surface area contributed by atoms with Crippen molar-refractivity contribution in [2.75, 3.05) is 17.6 Å². The molecule has 0 aliphatic rings. The van der Waals surface area contributed by atoms with Crippen LogP contribution in [0.4, 0.5) is 10.7 Å². The standard InChI is InChI=1S/C11H15N5OS/c1-2-13-11(17)10-8(12)3-9(18-10)14-4-7-5-15-16-6-7/h3,5-6,14H,2,4,12H2,1H3,(H,13,17)(H,15,16). The van der Waals surface area contributed by atoms with Crippen LogP contribution in [0.15, 0.2) is 18.5 Å². The summed E-state index contributed by atoms with van der Waals surface area (Å²) in [5.41, 5.74) is 7.36. The predicted octanol–water partition coefficient (Wildman–Crippen LogP) is 1.42. The number of anilines is 2. The predicted molar refractivity (Wildman–Crippen MR) is 72.7 cm³/mol. The number of carbonyl (C=O) groups is 1. The first kappa shape index (κ1) is 12.4. The van der Waals surface area contributed by atoms with Gasteiger partial charge in [-0.2, -0.15) is 5.10 Å². The number of nitrogens with two attached hydrogens (primary N) is 1. The molecule has 0 radical (unpaired) electrons. The van der Waals surface area contributed by atoms with Crippen LogP contribution >= 0.6 is 11.3 Å². The highest BCUT2D eigenvalue weighted by Gasteiger charge is 2.13. The van der Waals surface area contributed by atoms with Crippen molar-refractivity contribution >= 4 is 27.9 Å². The Bertz CT molecular complexity index is 520. The van der Waals surface area contributed by atoms with E-state index in [0.717, 1.165) is 10.6 Å². The topological polar surface area (TPSA) is 95.8 Å². The van der Waals surface area contributed by atoms with Crippen LogP contribution in [0.2, 0.25) is 0 Å². The second-order valence-electron chi connectivity index (χ2n) is 3.71. The molecule has 7 heteroatoms. The summed E-state index contributed by atoms with van der Waals surface area (Å²) in [7, 11) is 0. The first-order chi connectivity index (χ1) is 8.70. The molecule has 6 nitrogen and oxygen atoms in total. The molecule has 2 heterocycles. The van der Waals surface area contributed by atoms with Crippen molar-refractivity contribution in [3.63, 3.8) is 0 Å². The molecular weight excluding hydrogens is 250 g/mol. The Hall–Kier alpha value is -2.02. The van der Waals surface area contributed by atoms with Gasteiger partial charge < -0.3 is 16.4 Å². The molecule has 0 fully saturated rings. The van der Waals surface area contributed by atoms with E-state index in [1.54, 1.807) is 12.3 Å². The van der Waals surface area contributed by atoms with Gasteiger partial charge in [0.15, 0.2) is 0 Å². The van der Waals surface area contributed by atoms with Gasteiger partial charge >= 0.3 is 0 Å². The quantitative estimate of drug-likeness (QED) is 0.657. The van der Waals surface area contributed by atoms with E-state index < -0.39 is 0 Å². The molecule has 0 atom stereocenters. The minimum atomic E-state index is -0.128. The van der Waals surface area contributed by atoms with E-state index in [4.69, 9.17) is 5.73 Å². The van der Waals surface area contributed by atoms with Crippen LogP contribution in [-0.4, -0.2) is 22.6 Å². The smallest absolute Gasteiger partial charge is 0.263 e. The number of hydrogen-bond acceptors (Lipinski definition) is 5. The molecule has 2 aromatic rings. The van der Waals surface area contributed by atoms with Crippen molar-refractivity contribution in [1.82, 2.24) is 15.5 Å². The zero-order chi connectivity index (χ0) is 13.0. The molecule has 18 heavy (non-hydrogen) atoms. The molecule has 1 amide bonds. The summed E-state index contributed by atoms with van der Waals surface area (Å²) < 4.78 is 0. The molecule has 0 unspecified atom stereocenters.